The van der Waals surface area contributed by atoms with E-state index in [9.17, 15) is 0 Å². The third-order valence-electron chi connectivity index (χ3n) is 2.68. The Bertz CT molecular complexity index is 503. The van der Waals surface area contributed by atoms with Crippen molar-refractivity contribution in [3.05, 3.63) is 44.9 Å². The number of nitrogens with zero attached hydrogens (tertiary/aromatic N) is 1. The number of benzene rings is 1. The Hall–Kier alpha value is -0.870. The molecule has 1 aromatic carbocycles. The lowest BCUT2D eigenvalue weighted by Crippen LogP contribution is -1.90. The van der Waals surface area contributed by atoms with E-state index in [1.807, 2.05) is 0 Å². The van der Waals surface area contributed by atoms with Crippen molar-refractivity contribution in [3.63, 3.8) is 0 Å². The molecule has 90 valence electrons. The van der Waals surface area contributed by atoms with Crippen molar-refractivity contribution in [1.82, 2.24) is 4.98 Å². The maximum atomic E-state index is 5.67. The van der Waals surface area contributed by atoms with Gasteiger partial charge in [0.15, 0.2) is 5.13 Å². The monoisotopic (exact) mass is 310 g/mol. The number of aromatic nitrogens is 1. The molecule has 2 nitrogen and oxygen atoms in total. The lowest BCUT2D eigenvalue weighted by atomic mass is 10.0. The van der Waals surface area contributed by atoms with Gasteiger partial charge in [0.1, 0.15) is 4.60 Å². The molecule has 2 N–H and O–H groups in total. The molecule has 2 aromatic rings. The summed E-state index contributed by atoms with van der Waals surface area (Å²) in [6.45, 7) is 4.41. The molecule has 0 spiro atoms. The maximum Gasteiger partial charge on any atom is 0.181 e. The zero-order chi connectivity index (χ0) is 12.4. The molecule has 1 aromatic heterocycles. The van der Waals surface area contributed by atoms with Crippen LogP contribution in [0.4, 0.5) is 5.13 Å². The van der Waals surface area contributed by atoms with Crippen LogP contribution < -0.4 is 5.73 Å². The second kappa shape index (κ2) is 5.19. The van der Waals surface area contributed by atoms with Gasteiger partial charge in [-0.1, -0.05) is 38.1 Å². The zero-order valence-electron chi connectivity index (χ0n) is 9.90. The molecule has 0 aliphatic carbocycles. The smallest absolute Gasteiger partial charge is 0.181 e. The Kier molecular flexibility index (Phi) is 3.84. The summed E-state index contributed by atoms with van der Waals surface area (Å²) in [5.41, 5.74) is 8.34. The van der Waals surface area contributed by atoms with Crippen LogP contribution in [0.3, 0.4) is 0 Å². The summed E-state index contributed by atoms with van der Waals surface area (Å²) < 4.78 is 0.868. The summed E-state index contributed by atoms with van der Waals surface area (Å²) in [4.78, 5) is 5.35. The third-order valence-corrected chi connectivity index (χ3v) is 4.48. The first-order valence-electron chi connectivity index (χ1n) is 5.55. The van der Waals surface area contributed by atoms with Gasteiger partial charge in [-0.2, -0.15) is 0 Å². The van der Waals surface area contributed by atoms with E-state index < -0.39 is 0 Å². The van der Waals surface area contributed by atoms with Crippen molar-refractivity contribution < 1.29 is 0 Å². The summed E-state index contributed by atoms with van der Waals surface area (Å²) >= 11 is 4.97. The number of thiazole rings is 1. The first-order valence-corrected chi connectivity index (χ1v) is 7.16. The van der Waals surface area contributed by atoms with Crippen LogP contribution in [0.15, 0.2) is 28.9 Å². The summed E-state index contributed by atoms with van der Waals surface area (Å²) in [6, 6.07) is 8.74. The van der Waals surface area contributed by atoms with Gasteiger partial charge >= 0.3 is 0 Å². The number of nitrogens with two attached hydrogens (primary N) is 1. The fourth-order valence-electron chi connectivity index (χ4n) is 1.67. The first kappa shape index (κ1) is 12.6. The van der Waals surface area contributed by atoms with Crippen molar-refractivity contribution in [1.29, 1.82) is 0 Å². The molecule has 0 saturated carbocycles. The SMILES string of the molecule is CC(C)c1ccc(Cc2sc(N)nc2Br)cc1. The minimum Gasteiger partial charge on any atom is -0.375 e. The molecule has 0 fully saturated rings. The predicted octanol–water partition coefficient (Wildman–Crippen LogP) is 4.20. The molecule has 0 aliphatic rings. The Morgan fingerprint density at radius 3 is 2.41 bits per heavy atom. The number of rotatable bonds is 3. The highest BCUT2D eigenvalue weighted by atomic mass is 79.9. The van der Waals surface area contributed by atoms with Gasteiger partial charge in [0.25, 0.3) is 0 Å². The van der Waals surface area contributed by atoms with E-state index in [2.05, 4.69) is 59.0 Å². The maximum absolute atomic E-state index is 5.67. The predicted molar refractivity (Wildman–Crippen MR) is 77.6 cm³/mol. The van der Waals surface area contributed by atoms with Crippen molar-refractivity contribution >= 4 is 32.4 Å². The number of nitrogen functional groups attached to an aromatic ring is 1. The fourth-order valence-corrected chi connectivity index (χ4v) is 3.11. The molecule has 4 heteroatoms. The summed E-state index contributed by atoms with van der Waals surface area (Å²) in [5.74, 6) is 0.579. The molecule has 0 aliphatic heterocycles. The van der Waals surface area contributed by atoms with Crippen LogP contribution in [-0.2, 0) is 6.42 Å². The molecule has 17 heavy (non-hydrogen) atoms. The zero-order valence-corrected chi connectivity index (χ0v) is 12.3. The molecule has 0 radical (unpaired) electrons. The van der Waals surface area contributed by atoms with Gasteiger partial charge < -0.3 is 5.73 Å². The first-order chi connectivity index (χ1) is 8.06. The number of halogens is 1. The van der Waals surface area contributed by atoms with Gasteiger partial charge in [0.05, 0.1) is 0 Å². The number of hydrogen-bond donors (Lipinski definition) is 1. The largest absolute Gasteiger partial charge is 0.375 e. The van der Waals surface area contributed by atoms with Crippen LogP contribution in [0.5, 0.6) is 0 Å². The van der Waals surface area contributed by atoms with Crippen LogP contribution in [0.25, 0.3) is 0 Å². The van der Waals surface area contributed by atoms with E-state index in [-0.39, 0.29) is 0 Å². The molecule has 2 rings (SSSR count). The van der Waals surface area contributed by atoms with Crippen LogP contribution in [0.2, 0.25) is 0 Å². The van der Waals surface area contributed by atoms with E-state index in [1.54, 1.807) is 0 Å². The van der Waals surface area contributed by atoms with E-state index >= 15 is 0 Å². The van der Waals surface area contributed by atoms with Crippen LogP contribution in [0.1, 0.15) is 35.8 Å². The van der Waals surface area contributed by atoms with Crippen molar-refractivity contribution in [2.24, 2.45) is 0 Å². The molecule has 0 unspecified atom stereocenters. The quantitative estimate of drug-likeness (QED) is 0.922. The van der Waals surface area contributed by atoms with E-state index in [1.165, 1.54) is 27.3 Å². The van der Waals surface area contributed by atoms with E-state index in [0.29, 0.717) is 11.0 Å². The standard InChI is InChI=1S/C13H15BrN2S/c1-8(2)10-5-3-9(4-6-10)7-11-12(14)16-13(15)17-11/h3-6,8H,7H2,1-2H3,(H2,15,16). The molecule has 0 bridgehead atoms. The van der Waals surface area contributed by atoms with E-state index in [4.69, 9.17) is 5.73 Å². The van der Waals surface area contributed by atoms with Crippen LogP contribution in [-0.4, -0.2) is 4.98 Å². The Morgan fingerprint density at radius 1 is 1.29 bits per heavy atom. The second-order valence-corrected chi connectivity index (χ2v) is 6.21. The third kappa shape index (κ3) is 3.07. The molecule has 1 heterocycles. The molecule has 0 atom stereocenters. The lowest BCUT2D eigenvalue weighted by Gasteiger charge is -2.06. The second-order valence-electron chi connectivity index (χ2n) is 4.34. The number of anilines is 1. The van der Waals surface area contributed by atoms with Gasteiger partial charge in [-0.25, -0.2) is 4.98 Å². The highest BCUT2D eigenvalue weighted by Gasteiger charge is 2.07. The summed E-state index contributed by atoms with van der Waals surface area (Å²) in [7, 11) is 0. The minimum absolute atomic E-state index is 0.579. The lowest BCUT2D eigenvalue weighted by molar-refractivity contribution is 0.865. The molecule has 0 saturated heterocycles. The summed E-state index contributed by atoms with van der Waals surface area (Å²) in [5, 5.41) is 0.616. The molecular weight excluding hydrogens is 296 g/mol. The average Bonchev–Trinajstić information content (AvgIpc) is 2.58. The average molecular weight is 311 g/mol. The highest BCUT2D eigenvalue weighted by molar-refractivity contribution is 9.10. The number of hydrogen-bond acceptors (Lipinski definition) is 3. The van der Waals surface area contributed by atoms with Crippen molar-refractivity contribution in [2.45, 2.75) is 26.2 Å². The Labute approximate surface area is 114 Å². The van der Waals surface area contributed by atoms with Crippen molar-refractivity contribution in [3.8, 4) is 0 Å². The Morgan fingerprint density at radius 2 is 1.94 bits per heavy atom. The topological polar surface area (TPSA) is 38.9 Å². The van der Waals surface area contributed by atoms with Crippen LogP contribution in [0, 0.1) is 0 Å². The molecular formula is C13H15BrN2S. The van der Waals surface area contributed by atoms with Crippen LogP contribution >= 0.6 is 27.3 Å². The Balaban J connectivity index is 2.16. The summed E-state index contributed by atoms with van der Waals surface area (Å²) in [6.07, 6.45) is 0.883. The van der Waals surface area contributed by atoms with Gasteiger partial charge in [-0.05, 0) is 33.0 Å². The van der Waals surface area contributed by atoms with E-state index in [0.717, 1.165) is 11.0 Å². The normalized spacial score (nSPS) is 11.1. The molecule has 0 amide bonds. The van der Waals surface area contributed by atoms with Gasteiger partial charge in [0.2, 0.25) is 0 Å². The van der Waals surface area contributed by atoms with Crippen molar-refractivity contribution in [2.75, 3.05) is 5.73 Å². The van der Waals surface area contributed by atoms with Gasteiger partial charge in [0, 0.05) is 11.3 Å². The highest BCUT2D eigenvalue weighted by Crippen LogP contribution is 2.27. The van der Waals surface area contributed by atoms with Gasteiger partial charge in [-0.3, -0.25) is 0 Å². The van der Waals surface area contributed by atoms with Gasteiger partial charge in [-0.15, -0.1) is 11.3 Å². The minimum atomic E-state index is 0.579. The fraction of sp³-hybridized carbons (Fsp3) is 0.308.